The second kappa shape index (κ2) is 5.01. The number of nitrogens with zero attached hydrogens (tertiary/aromatic N) is 1. The Kier molecular flexibility index (Phi) is 3.36. The average molecular weight is 309 g/mol. The summed E-state index contributed by atoms with van der Waals surface area (Å²) in [7, 11) is 0. The monoisotopic (exact) mass is 307 g/mol. The van der Waals surface area contributed by atoms with E-state index in [0.717, 1.165) is 22.2 Å². The highest BCUT2D eigenvalue weighted by molar-refractivity contribution is 6.44. The summed E-state index contributed by atoms with van der Waals surface area (Å²) in [6.45, 7) is 0. The molecule has 0 atom stereocenters. The van der Waals surface area contributed by atoms with E-state index in [-0.39, 0.29) is 0 Å². The molecular formula is C15H8Cl3N. The van der Waals surface area contributed by atoms with Crippen LogP contribution >= 0.6 is 34.8 Å². The van der Waals surface area contributed by atoms with Gasteiger partial charge in [-0.3, -0.25) is 0 Å². The fraction of sp³-hybridized carbons (Fsp3) is 0. The van der Waals surface area contributed by atoms with Gasteiger partial charge in [-0.05, 0) is 24.3 Å². The molecule has 0 N–H and O–H groups in total. The minimum atomic E-state index is 0.441. The van der Waals surface area contributed by atoms with Crippen molar-refractivity contribution in [3.05, 3.63) is 63.6 Å². The van der Waals surface area contributed by atoms with Crippen LogP contribution < -0.4 is 0 Å². The topological polar surface area (TPSA) is 12.9 Å². The molecule has 0 fully saturated rings. The van der Waals surface area contributed by atoms with E-state index < -0.39 is 0 Å². The summed E-state index contributed by atoms with van der Waals surface area (Å²) in [4.78, 5) is 4.59. The standard InChI is InChI=1S/C15H8Cl3N/c16-11-8-13(18)12(17)7-10(11)15-6-5-9-3-1-2-4-14(9)19-15/h1-8H. The van der Waals surface area contributed by atoms with Gasteiger partial charge in [0.1, 0.15) is 0 Å². The number of pyridine rings is 1. The van der Waals surface area contributed by atoms with Crippen LogP contribution in [0.3, 0.4) is 0 Å². The molecule has 0 saturated carbocycles. The first-order valence-electron chi connectivity index (χ1n) is 5.66. The van der Waals surface area contributed by atoms with Crippen molar-refractivity contribution in [2.45, 2.75) is 0 Å². The fourth-order valence-electron chi connectivity index (χ4n) is 1.93. The maximum atomic E-state index is 6.20. The predicted octanol–water partition coefficient (Wildman–Crippen LogP) is 5.86. The predicted molar refractivity (Wildman–Crippen MR) is 82.2 cm³/mol. The second-order valence-electron chi connectivity index (χ2n) is 4.14. The lowest BCUT2D eigenvalue weighted by atomic mass is 10.1. The molecule has 0 bridgehead atoms. The van der Waals surface area contributed by atoms with Crippen molar-refractivity contribution in [3.8, 4) is 11.3 Å². The van der Waals surface area contributed by atoms with Gasteiger partial charge in [0.25, 0.3) is 0 Å². The van der Waals surface area contributed by atoms with Crippen LogP contribution in [0.25, 0.3) is 22.2 Å². The van der Waals surface area contributed by atoms with Gasteiger partial charge in [0.05, 0.1) is 26.3 Å². The zero-order valence-corrected chi connectivity index (χ0v) is 12.0. The molecule has 2 aromatic carbocycles. The molecule has 1 nitrogen and oxygen atoms in total. The molecule has 94 valence electrons. The first kappa shape index (κ1) is 12.7. The molecule has 0 radical (unpaired) electrons. The van der Waals surface area contributed by atoms with Crippen LogP contribution in [0.2, 0.25) is 15.1 Å². The number of hydrogen-bond donors (Lipinski definition) is 0. The number of rotatable bonds is 1. The lowest BCUT2D eigenvalue weighted by Gasteiger charge is -2.07. The Labute approximate surface area is 125 Å². The van der Waals surface area contributed by atoms with E-state index in [2.05, 4.69) is 4.98 Å². The van der Waals surface area contributed by atoms with E-state index in [0.29, 0.717) is 15.1 Å². The van der Waals surface area contributed by atoms with E-state index in [1.807, 2.05) is 36.4 Å². The Morgan fingerprint density at radius 1 is 0.737 bits per heavy atom. The zero-order valence-electron chi connectivity index (χ0n) is 9.70. The molecule has 1 aromatic heterocycles. The first-order chi connectivity index (χ1) is 9.15. The molecule has 0 spiro atoms. The SMILES string of the molecule is Clc1cc(Cl)c(-c2ccc3ccccc3n2)cc1Cl. The first-order valence-corrected chi connectivity index (χ1v) is 6.79. The van der Waals surface area contributed by atoms with Gasteiger partial charge in [0.2, 0.25) is 0 Å². The molecule has 4 heteroatoms. The second-order valence-corrected chi connectivity index (χ2v) is 5.36. The highest BCUT2D eigenvalue weighted by Crippen LogP contribution is 2.34. The minimum absolute atomic E-state index is 0.441. The highest BCUT2D eigenvalue weighted by atomic mass is 35.5. The number of benzene rings is 2. The molecule has 0 aliphatic heterocycles. The van der Waals surface area contributed by atoms with Crippen molar-refractivity contribution in [1.29, 1.82) is 0 Å². The Morgan fingerprint density at radius 2 is 1.47 bits per heavy atom. The molecule has 1 heterocycles. The van der Waals surface area contributed by atoms with E-state index in [1.54, 1.807) is 12.1 Å². The third-order valence-corrected chi connectivity index (χ3v) is 3.92. The molecule has 0 unspecified atom stereocenters. The Morgan fingerprint density at radius 3 is 2.32 bits per heavy atom. The van der Waals surface area contributed by atoms with Gasteiger partial charge in [-0.2, -0.15) is 0 Å². The fourth-order valence-corrected chi connectivity index (χ4v) is 2.58. The molecule has 3 rings (SSSR count). The molecule has 0 aliphatic carbocycles. The Hall–Kier alpha value is -1.28. The van der Waals surface area contributed by atoms with Crippen molar-refractivity contribution in [2.75, 3.05) is 0 Å². The summed E-state index contributed by atoms with van der Waals surface area (Å²) < 4.78 is 0. The molecule has 0 saturated heterocycles. The number of hydrogen-bond acceptors (Lipinski definition) is 1. The highest BCUT2D eigenvalue weighted by Gasteiger charge is 2.09. The maximum absolute atomic E-state index is 6.20. The summed E-state index contributed by atoms with van der Waals surface area (Å²) in [5.74, 6) is 0. The van der Waals surface area contributed by atoms with Crippen LogP contribution in [0.4, 0.5) is 0 Å². The van der Waals surface area contributed by atoms with Crippen molar-refractivity contribution in [2.24, 2.45) is 0 Å². The van der Waals surface area contributed by atoms with Crippen LogP contribution in [-0.4, -0.2) is 4.98 Å². The number of fused-ring (bicyclic) bond motifs is 1. The average Bonchev–Trinajstić information content (AvgIpc) is 2.42. The molecule has 0 aliphatic rings. The van der Waals surface area contributed by atoms with E-state index >= 15 is 0 Å². The summed E-state index contributed by atoms with van der Waals surface area (Å²) in [6.07, 6.45) is 0. The van der Waals surface area contributed by atoms with Gasteiger partial charge >= 0.3 is 0 Å². The van der Waals surface area contributed by atoms with Crippen molar-refractivity contribution in [1.82, 2.24) is 4.98 Å². The van der Waals surface area contributed by atoms with E-state index in [1.165, 1.54) is 0 Å². The van der Waals surface area contributed by atoms with Crippen LogP contribution in [-0.2, 0) is 0 Å². The lowest BCUT2D eigenvalue weighted by molar-refractivity contribution is 1.40. The van der Waals surface area contributed by atoms with Gasteiger partial charge in [-0.1, -0.05) is 59.1 Å². The van der Waals surface area contributed by atoms with E-state index in [9.17, 15) is 0 Å². The molecule has 19 heavy (non-hydrogen) atoms. The van der Waals surface area contributed by atoms with Gasteiger partial charge in [0, 0.05) is 10.9 Å². The summed E-state index contributed by atoms with van der Waals surface area (Å²) in [5, 5.41) is 2.53. The Bertz CT molecular complexity index is 768. The molecular weight excluding hydrogens is 301 g/mol. The summed E-state index contributed by atoms with van der Waals surface area (Å²) >= 11 is 18.2. The van der Waals surface area contributed by atoms with Crippen LogP contribution in [0.1, 0.15) is 0 Å². The minimum Gasteiger partial charge on any atom is -0.248 e. The molecule has 0 amide bonds. The number of halogens is 3. The Balaban J connectivity index is 2.21. The van der Waals surface area contributed by atoms with Gasteiger partial charge in [0.15, 0.2) is 0 Å². The van der Waals surface area contributed by atoms with Crippen molar-refractivity contribution < 1.29 is 0 Å². The van der Waals surface area contributed by atoms with E-state index in [4.69, 9.17) is 34.8 Å². The number of aromatic nitrogens is 1. The summed E-state index contributed by atoms with van der Waals surface area (Å²) in [6, 6.07) is 15.2. The van der Waals surface area contributed by atoms with Crippen molar-refractivity contribution >= 4 is 45.7 Å². The van der Waals surface area contributed by atoms with Crippen LogP contribution in [0.15, 0.2) is 48.5 Å². The van der Waals surface area contributed by atoms with Crippen molar-refractivity contribution in [3.63, 3.8) is 0 Å². The van der Waals surface area contributed by atoms with Crippen LogP contribution in [0.5, 0.6) is 0 Å². The smallest absolute Gasteiger partial charge is 0.0725 e. The number of para-hydroxylation sites is 1. The van der Waals surface area contributed by atoms with Gasteiger partial charge in [-0.25, -0.2) is 4.98 Å². The lowest BCUT2D eigenvalue weighted by Crippen LogP contribution is -1.87. The van der Waals surface area contributed by atoms with Crippen LogP contribution in [0, 0.1) is 0 Å². The maximum Gasteiger partial charge on any atom is 0.0725 e. The largest absolute Gasteiger partial charge is 0.248 e. The summed E-state index contributed by atoms with van der Waals surface area (Å²) in [5.41, 5.74) is 2.48. The van der Waals surface area contributed by atoms with Gasteiger partial charge < -0.3 is 0 Å². The normalized spacial score (nSPS) is 10.9. The van der Waals surface area contributed by atoms with Gasteiger partial charge in [-0.15, -0.1) is 0 Å². The zero-order chi connectivity index (χ0) is 13.4. The third kappa shape index (κ3) is 2.42. The quantitative estimate of drug-likeness (QED) is 0.513. The third-order valence-electron chi connectivity index (χ3n) is 2.88. The molecule has 3 aromatic rings.